The normalized spacial score (nSPS) is 26.3. The SMILES string of the molecule is COc1ccc(CCn2cnc3cc(N(C(=N)N(C)C4CCN(C)C4)C4C[C@@H]5C[C@H]([C@@H]4C)C5(C)C)ccc3c2=O)c(F)c1. The van der Waals surface area contributed by atoms with E-state index < -0.39 is 0 Å². The zero-order chi connectivity index (χ0) is 30.6. The highest BCUT2D eigenvalue weighted by Crippen LogP contribution is 2.62. The summed E-state index contributed by atoms with van der Waals surface area (Å²) in [6.45, 7) is 9.48. The van der Waals surface area contributed by atoms with Crippen LogP contribution in [0.1, 0.15) is 45.6 Å². The molecule has 8 nitrogen and oxygen atoms in total. The number of fused-ring (bicyclic) bond motifs is 3. The summed E-state index contributed by atoms with van der Waals surface area (Å²) in [5, 5.41) is 10.0. The zero-order valence-corrected chi connectivity index (χ0v) is 26.3. The number of aromatic nitrogens is 2. The van der Waals surface area contributed by atoms with Crippen LogP contribution >= 0.6 is 0 Å². The third-order valence-electron chi connectivity index (χ3n) is 11.1. The van der Waals surface area contributed by atoms with E-state index in [1.54, 1.807) is 23.0 Å². The molecule has 7 rings (SSSR count). The number of likely N-dealkylation sites (N-methyl/N-ethyl adjacent to an activating group) is 2. The van der Waals surface area contributed by atoms with Crippen molar-refractivity contribution in [3.05, 3.63) is 64.5 Å². The second kappa shape index (κ2) is 11.2. The van der Waals surface area contributed by atoms with Gasteiger partial charge in [0.1, 0.15) is 11.6 Å². The van der Waals surface area contributed by atoms with Gasteiger partial charge < -0.3 is 19.4 Å². The van der Waals surface area contributed by atoms with Crippen molar-refractivity contribution < 1.29 is 9.13 Å². The number of likely N-dealkylation sites (tertiary alicyclic amines) is 1. The highest BCUT2D eigenvalue weighted by molar-refractivity contribution is 5.96. The minimum Gasteiger partial charge on any atom is -0.497 e. The van der Waals surface area contributed by atoms with Crippen molar-refractivity contribution in [2.24, 2.45) is 23.2 Å². The van der Waals surface area contributed by atoms with Crippen molar-refractivity contribution in [3.63, 3.8) is 0 Å². The van der Waals surface area contributed by atoms with E-state index in [0.29, 0.717) is 70.4 Å². The minimum absolute atomic E-state index is 0.146. The zero-order valence-electron chi connectivity index (χ0n) is 26.3. The topological polar surface area (TPSA) is 77.7 Å². The summed E-state index contributed by atoms with van der Waals surface area (Å²) in [6, 6.07) is 11.1. The Kier molecular flexibility index (Phi) is 7.73. The molecule has 4 fully saturated rings. The maximum atomic E-state index is 14.5. The van der Waals surface area contributed by atoms with Crippen LogP contribution in [0.25, 0.3) is 10.9 Å². The number of anilines is 1. The summed E-state index contributed by atoms with van der Waals surface area (Å²) in [4.78, 5) is 24.9. The van der Waals surface area contributed by atoms with Gasteiger partial charge >= 0.3 is 0 Å². The molecular formula is C34H45FN6O2. The van der Waals surface area contributed by atoms with Gasteiger partial charge in [-0.05, 0) is 92.3 Å². The Morgan fingerprint density at radius 3 is 2.65 bits per heavy atom. The molecule has 9 heteroatoms. The largest absolute Gasteiger partial charge is 0.497 e. The van der Waals surface area contributed by atoms with E-state index in [-0.39, 0.29) is 17.4 Å². The number of rotatable bonds is 7. The monoisotopic (exact) mass is 588 g/mol. The van der Waals surface area contributed by atoms with E-state index in [2.05, 4.69) is 54.6 Å². The lowest BCUT2D eigenvalue weighted by atomic mass is 9.44. The first-order chi connectivity index (χ1) is 20.5. The Balaban J connectivity index is 1.30. The van der Waals surface area contributed by atoms with Crippen LogP contribution in [0.3, 0.4) is 0 Å². The van der Waals surface area contributed by atoms with Crippen molar-refractivity contribution in [2.45, 2.75) is 65.1 Å². The molecule has 2 unspecified atom stereocenters. The molecule has 2 aromatic carbocycles. The van der Waals surface area contributed by atoms with Crippen molar-refractivity contribution in [2.75, 3.05) is 39.2 Å². The lowest BCUT2D eigenvalue weighted by Crippen LogP contribution is -2.63. The van der Waals surface area contributed by atoms with E-state index in [0.717, 1.165) is 31.6 Å². The van der Waals surface area contributed by atoms with E-state index in [4.69, 9.17) is 4.74 Å². The molecule has 4 aliphatic rings. The fourth-order valence-corrected chi connectivity index (χ4v) is 8.06. The standard InChI is InChI=1S/C34H45FN6O2/c1-21-28-15-23(34(28,2)3)16-31(21)41(33(36)39(5)25-12-13-38(4)19-25)24-8-10-27-30(17-24)37-20-40(32(27)42)14-11-22-7-9-26(43-6)18-29(22)35/h7-10,17-18,20-21,23,25,28,31,36H,11-16,19H2,1-6H3/t21-,23-,25?,28+,31?/m0/s1. The minimum atomic E-state index is -0.347. The second-order valence-electron chi connectivity index (χ2n) is 13.7. The maximum Gasteiger partial charge on any atom is 0.261 e. The summed E-state index contributed by atoms with van der Waals surface area (Å²) < 4.78 is 21.1. The number of nitrogens with zero attached hydrogens (tertiary/aromatic N) is 5. The first-order valence-corrected chi connectivity index (χ1v) is 15.6. The molecule has 3 aliphatic carbocycles. The van der Waals surface area contributed by atoms with Gasteiger partial charge in [0.15, 0.2) is 5.96 Å². The number of hydrogen-bond acceptors (Lipinski definition) is 5. The highest BCUT2D eigenvalue weighted by Gasteiger charge is 2.57. The summed E-state index contributed by atoms with van der Waals surface area (Å²) in [7, 11) is 5.71. The summed E-state index contributed by atoms with van der Waals surface area (Å²) in [6.07, 6.45) is 5.30. The number of guanidine groups is 1. The first kappa shape index (κ1) is 29.6. The number of halogens is 1. The quantitative estimate of drug-likeness (QED) is 0.301. The molecule has 2 heterocycles. The Labute approximate surface area is 254 Å². The lowest BCUT2D eigenvalue weighted by Gasteiger charge is -2.63. The summed E-state index contributed by atoms with van der Waals surface area (Å²) in [5.41, 5.74) is 2.25. The van der Waals surface area contributed by atoms with Crippen molar-refractivity contribution in [1.82, 2.24) is 19.4 Å². The number of benzene rings is 2. The van der Waals surface area contributed by atoms with Gasteiger partial charge in [-0.25, -0.2) is 9.37 Å². The van der Waals surface area contributed by atoms with Crippen LogP contribution in [0.4, 0.5) is 10.1 Å². The van der Waals surface area contributed by atoms with Crippen LogP contribution < -0.4 is 15.2 Å². The molecule has 43 heavy (non-hydrogen) atoms. The van der Waals surface area contributed by atoms with Gasteiger partial charge in [0, 0.05) is 44.0 Å². The average Bonchev–Trinajstić information content (AvgIpc) is 3.43. The number of aryl methyl sites for hydroxylation is 2. The van der Waals surface area contributed by atoms with E-state index >= 15 is 0 Å². The molecule has 0 amide bonds. The maximum absolute atomic E-state index is 14.5. The fraction of sp³-hybridized carbons (Fsp3) is 0.559. The number of methoxy groups -OCH3 is 1. The van der Waals surface area contributed by atoms with Crippen LogP contribution in [0.15, 0.2) is 47.5 Å². The van der Waals surface area contributed by atoms with E-state index in [1.165, 1.54) is 19.6 Å². The van der Waals surface area contributed by atoms with Crippen LogP contribution in [0, 0.1) is 34.4 Å². The van der Waals surface area contributed by atoms with Gasteiger partial charge in [-0.1, -0.05) is 26.8 Å². The van der Waals surface area contributed by atoms with Crippen molar-refractivity contribution in [1.29, 1.82) is 5.41 Å². The second-order valence-corrected chi connectivity index (χ2v) is 13.7. The molecule has 3 aromatic rings. The van der Waals surface area contributed by atoms with Crippen LogP contribution in [0.5, 0.6) is 5.75 Å². The van der Waals surface area contributed by atoms with Crippen LogP contribution in [-0.2, 0) is 13.0 Å². The molecule has 1 aromatic heterocycles. The van der Waals surface area contributed by atoms with Gasteiger partial charge in [0.25, 0.3) is 5.56 Å². The predicted molar refractivity (Wildman–Crippen MR) is 169 cm³/mol. The highest BCUT2D eigenvalue weighted by atomic mass is 19.1. The van der Waals surface area contributed by atoms with E-state index in [9.17, 15) is 14.6 Å². The Morgan fingerprint density at radius 1 is 1.21 bits per heavy atom. The fourth-order valence-electron chi connectivity index (χ4n) is 8.06. The van der Waals surface area contributed by atoms with Gasteiger partial charge in [-0.3, -0.25) is 14.8 Å². The summed E-state index contributed by atoms with van der Waals surface area (Å²) >= 11 is 0. The third kappa shape index (κ3) is 5.19. The van der Waals surface area contributed by atoms with Gasteiger partial charge in [0.05, 0.1) is 24.3 Å². The molecule has 0 spiro atoms. The van der Waals surface area contributed by atoms with Gasteiger partial charge in [0.2, 0.25) is 0 Å². The predicted octanol–water partition coefficient (Wildman–Crippen LogP) is 5.23. The Hall–Kier alpha value is -3.46. The van der Waals surface area contributed by atoms with Gasteiger partial charge in [-0.15, -0.1) is 0 Å². The van der Waals surface area contributed by atoms with Crippen LogP contribution in [0.2, 0.25) is 0 Å². The molecule has 5 atom stereocenters. The molecule has 1 N–H and O–H groups in total. The molecule has 0 radical (unpaired) electrons. The van der Waals surface area contributed by atoms with E-state index in [1.807, 2.05) is 18.2 Å². The molecule has 1 saturated heterocycles. The van der Waals surface area contributed by atoms with Crippen molar-refractivity contribution in [3.8, 4) is 5.75 Å². The molecular weight excluding hydrogens is 543 g/mol. The lowest BCUT2D eigenvalue weighted by molar-refractivity contribution is -0.108. The molecule has 3 saturated carbocycles. The first-order valence-electron chi connectivity index (χ1n) is 15.6. The van der Waals surface area contributed by atoms with Crippen LogP contribution in [-0.4, -0.2) is 71.7 Å². The average molecular weight is 589 g/mol. The molecule has 230 valence electrons. The number of hydrogen-bond donors (Lipinski definition) is 1. The molecule has 1 aliphatic heterocycles. The smallest absolute Gasteiger partial charge is 0.261 e. The number of nitrogens with one attached hydrogen (secondary N) is 1. The van der Waals surface area contributed by atoms with Gasteiger partial charge in [-0.2, -0.15) is 0 Å². The Bertz CT molecular complexity index is 1590. The van der Waals surface area contributed by atoms with Crippen molar-refractivity contribution >= 4 is 22.5 Å². The summed E-state index contributed by atoms with van der Waals surface area (Å²) in [5.74, 6) is 2.36. The third-order valence-corrected chi connectivity index (χ3v) is 11.1. The number of ether oxygens (including phenoxy) is 1. The Morgan fingerprint density at radius 2 is 2.00 bits per heavy atom. The molecule has 2 bridgehead atoms.